The van der Waals surface area contributed by atoms with Gasteiger partial charge in [-0.25, -0.2) is 0 Å². The second kappa shape index (κ2) is 33.2. The lowest BCUT2D eigenvalue weighted by molar-refractivity contribution is 0.305. The van der Waals surface area contributed by atoms with Crippen LogP contribution in [0.5, 0.6) is 23.0 Å². The molecule has 0 radical (unpaired) electrons. The summed E-state index contributed by atoms with van der Waals surface area (Å²) in [5, 5.41) is 0. The molecule has 0 spiro atoms. The highest BCUT2D eigenvalue weighted by molar-refractivity contribution is 7.19. The predicted octanol–water partition coefficient (Wildman–Crippen LogP) is 23.7. The largest absolute Gasteiger partial charge is 0.494 e. The Bertz CT molecular complexity index is 3280. The van der Waals surface area contributed by atoms with Crippen LogP contribution in [0.4, 0.5) is 34.1 Å². The summed E-state index contributed by atoms with van der Waals surface area (Å²) in [6.07, 6.45) is 22.7. The normalized spacial score (nSPS) is 11.2. The van der Waals surface area contributed by atoms with Gasteiger partial charge in [-0.15, -0.1) is 22.7 Å². The van der Waals surface area contributed by atoms with Gasteiger partial charge in [0.2, 0.25) is 0 Å². The molecule has 88 heavy (non-hydrogen) atoms. The quantitative estimate of drug-likeness (QED) is 0.0364. The second-order valence-corrected chi connectivity index (χ2v) is 24.7. The van der Waals surface area contributed by atoms with Gasteiger partial charge in [0, 0.05) is 66.0 Å². The van der Waals surface area contributed by atoms with Crippen molar-refractivity contribution in [3.63, 3.8) is 0 Å². The topological polar surface area (TPSA) is 69.2 Å². The molecule has 0 atom stereocenters. The number of hydrogen-bond donors (Lipinski definition) is 0. The van der Waals surface area contributed by atoms with E-state index in [1.54, 1.807) is 22.7 Å². The number of benzene rings is 6. The summed E-state index contributed by atoms with van der Waals surface area (Å²) in [7, 11) is 0. The molecule has 0 amide bonds. The Morgan fingerprint density at radius 3 is 0.784 bits per heavy atom. The zero-order valence-electron chi connectivity index (χ0n) is 52.0. The molecule has 0 aliphatic heterocycles. The fourth-order valence-electron chi connectivity index (χ4n) is 10.8. The maximum Gasteiger partial charge on any atom is 0.119 e. The molecule has 4 aromatic heterocycles. The summed E-state index contributed by atoms with van der Waals surface area (Å²) in [5.74, 6) is 3.58. The Hall–Kier alpha value is -8.18. The highest BCUT2D eigenvalue weighted by atomic mass is 32.1. The third kappa shape index (κ3) is 17.5. The minimum absolute atomic E-state index is 0.735. The molecule has 0 bridgehead atoms. The van der Waals surface area contributed by atoms with Crippen LogP contribution in [0.15, 0.2) is 207 Å². The van der Waals surface area contributed by atoms with Crippen molar-refractivity contribution in [3.8, 4) is 76.1 Å². The molecular formula is C78H86N4O4S2. The second-order valence-electron chi connectivity index (χ2n) is 22.6. The first-order valence-electron chi connectivity index (χ1n) is 32.3. The van der Waals surface area contributed by atoms with Crippen molar-refractivity contribution in [1.29, 1.82) is 0 Å². The zero-order chi connectivity index (χ0) is 60.5. The third-order valence-electron chi connectivity index (χ3n) is 15.8. The van der Waals surface area contributed by atoms with Crippen LogP contribution in [-0.4, -0.2) is 36.4 Å². The summed E-state index contributed by atoms with van der Waals surface area (Å²) < 4.78 is 24.6. The SMILES string of the molecule is CCCCCCOc1ccc(N(c2ccc(OCCCCCC)cc2)c2ccc(-c3ccc(-c4ccnc(-c5cc(-c6ccc(-c7ccc(N(c8ccc(OCCCCCC)cc8)c8ccc(OCCCCCC)cc8)cc7)s6)ccn5)c4)s3)cc2)cc1. The third-order valence-corrected chi connectivity index (χ3v) is 18.2. The van der Waals surface area contributed by atoms with Gasteiger partial charge in [-0.1, -0.05) is 129 Å². The molecule has 0 unspecified atom stereocenters. The lowest BCUT2D eigenvalue weighted by Gasteiger charge is -2.26. The molecule has 8 nitrogen and oxygen atoms in total. The smallest absolute Gasteiger partial charge is 0.119 e. The van der Waals surface area contributed by atoms with E-state index >= 15 is 0 Å². The van der Waals surface area contributed by atoms with E-state index < -0.39 is 0 Å². The number of anilines is 6. The van der Waals surface area contributed by atoms with E-state index in [9.17, 15) is 0 Å². The number of unbranched alkanes of at least 4 members (excludes halogenated alkanes) is 12. The van der Waals surface area contributed by atoms with Crippen LogP contribution >= 0.6 is 22.7 Å². The molecule has 454 valence electrons. The van der Waals surface area contributed by atoms with Crippen molar-refractivity contribution in [2.24, 2.45) is 0 Å². The monoisotopic (exact) mass is 1210 g/mol. The molecule has 10 heteroatoms. The van der Waals surface area contributed by atoms with Gasteiger partial charge in [0.25, 0.3) is 0 Å². The molecule has 0 fully saturated rings. The van der Waals surface area contributed by atoms with Gasteiger partial charge in [0.15, 0.2) is 0 Å². The molecule has 10 aromatic rings. The van der Waals surface area contributed by atoms with Crippen LogP contribution in [0.2, 0.25) is 0 Å². The summed E-state index contributed by atoms with van der Waals surface area (Å²) in [4.78, 5) is 19.0. The van der Waals surface area contributed by atoms with E-state index in [4.69, 9.17) is 28.9 Å². The average Bonchev–Trinajstić information content (AvgIpc) is 3.15. The van der Waals surface area contributed by atoms with Crippen LogP contribution in [0.25, 0.3) is 53.2 Å². The van der Waals surface area contributed by atoms with Crippen molar-refractivity contribution >= 4 is 56.8 Å². The first kappa shape index (κ1) is 62.9. The van der Waals surface area contributed by atoms with Crippen LogP contribution in [0.1, 0.15) is 130 Å². The van der Waals surface area contributed by atoms with Gasteiger partial charge < -0.3 is 28.7 Å². The number of nitrogens with zero attached hydrogens (tertiary/aromatic N) is 4. The summed E-state index contributed by atoms with van der Waals surface area (Å²) >= 11 is 3.57. The number of aromatic nitrogens is 2. The van der Waals surface area contributed by atoms with Crippen LogP contribution in [-0.2, 0) is 0 Å². The van der Waals surface area contributed by atoms with E-state index in [1.807, 2.05) is 12.4 Å². The predicted molar refractivity (Wildman–Crippen MR) is 373 cm³/mol. The molecule has 0 aliphatic carbocycles. The molecule has 0 saturated heterocycles. The Labute approximate surface area is 531 Å². The van der Waals surface area contributed by atoms with E-state index in [0.717, 1.165) is 143 Å². The van der Waals surface area contributed by atoms with E-state index in [1.165, 1.54) is 96.6 Å². The fourth-order valence-corrected chi connectivity index (χ4v) is 12.8. The maximum atomic E-state index is 6.14. The summed E-state index contributed by atoms with van der Waals surface area (Å²) in [6, 6.07) is 69.1. The Morgan fingerprint density at radius 1 is 0.273 bits per heavy atom. The van der Waals surface area contributed by atoms with Crippen molar-refractivity contribution in [1.82, 2.24) is 9.97 Å². The van der Waals surface area contributed by atoms with Crippen molar-refractivity contribution in [3.05, 3.63) is 207 Å². The van der Waals surface area contributed by atoms with E-state index in [2.05, 4.69) is 232 Å². The highest BCUT2D eigenvalue weighted by Crippen LogP contribution is 2.43. The van der Waals surface area contributed by atoms with Gasteiger partial charge in [0.1, 0.15) is 23.0 Å². The van der Waals surface area contributed by atoms with Crippen molar-refractivity contribution in [2.45, 2.75) is 130 Å². The lowest BCUT2D eigenvalue weighted by atomic mass is 10.1. The van der Waals surface area contributed by atoms with Crippen molar-refractivity contribution < 1.29 is 18.9 Å². The molecule has 0 saturated carbocycles. The minimum Gasteiger partial charge on any atom is -0.494 e. The maximum absolute atomic E-state index is 6.14. The molecule has 0 N–H and O–H groups in total. The number of pyridine rings is 2. The van der Waals surface area contributed by atoms with Gasteiger partial charge in [-0.05, 0) is 218 Å². The van der Waals surface area contributed by atoms with Gasteiger partial charge in [-0.2, -0.15) is 0 Å². The van der Waals surface area contributed by atoms with Gasteiger partial charge in [0.05, 0.1) is 37.8 Å². The first-order valence-corrected chi connectivity index (χ1v) is 34.0. The van der Waals surface area contributed by atoms with E-state index in [0.29, 0.717) is 0 Å². The van der Waals surface area contributed by atoms with Gasteiger partial charge in [-0.3, -0.25) is 9.97 Å². The molecule has 0 aliphatic rings. The molecule has 4 heterocycles. The summed E-state index contributed by atoms with van der Waals surface area (Å²) in [5.41, 5.74) is 12.6. The fraction of sp³-hybridized carbons (Fsp3) is 0.308. The van der Waals surface area contributed by atoms with Crippen molar-refractivity contribution in [2.75, 3.05) is 36.2 Å². The molecule has 10 rings (SSSR count). The zero-order valence-corrected chi connectivity index (χ0v) is 53.6. The average molecular weight is 1210 g/mol. The number of rotatable bonds is 35. The lowest BCUT2D eigenvalue weighted by Crippen LogP contribution is -2.10. The van der Waals surface area contributed by atoms with Crippen LogP contribution < -0.4 is 28.7 Å². The van der Waals surface area contributed by atoms with Crippen LogP contribution in [0.3, 0.4) is 0 Å². The first-order chi connectivity index (χ1) is 43.5. The minimum atomic E-state index is 0.735. The Kier molecular flexibility index (Phi) is 23.7. The van der Waals surface area contributed by atoms with E-state index in [-0.39, 0.29) is 0 Å². The summed E-state index contributed by atoms with van der Waals surface area (Å²) in [6.45, 7) is 11.9. The highest BCUT2D eigenvalue weighted by Gasteiger charge is 2.18. The molecular weight excluding hydrogens is 1120 g/mol. The molecule has 6 aromatic carbocycles. The standard InChI is InChI=1S/C78H86N4O4S2/c1-5-9-13-17-53-83-69-37-29-65(30-38-69)81(66-31-39-70(40-32-66)84-54-18-14-10-6-2)63-25-21-59(22-26-63)75-45-47-77(87-75)61-49-51-79-73(57-61)74-58-62(50-52-80-74)78-48-46-76(88-78)60-23-27-64(28-24-60)82(67-33-41-71(42-34-67)85-55-19-15-11-7-3)68-35-43-72(44-36-68)86-56-20-16-12-8-4/h21-52,57-58H,5-20,53-56H2,1-4H3. The Balaban J connectivity index is 0.819. The van der Waals surface area contributed by atoms with Gasteiger partial charge >= 0.3 is 0 Å². The number of ether oxygens (including phenoxy) is 4. The van der Waals surface area contributed by atoms with Crippen LogP contribution in [0, 0.1) is 0 Å². The number of hydrogen-bond acceptors (Lipinski definition) is 10. The Morgan fingerprint density at radius 2 is 0.523 bits per heavy atom. The number of thiophene rings is 2.